The number of carbonyl (C=O) groups excluding carboxylic acids is 1. The van der Waals surface area contributed by atoms with Crippen LogP contribution in [0.15, 0.2) is 24.3 Å². The van der Waals surface area contributed by atoms with Gasteiger partial charge in [-0.1, -0.05) is 32.6 Å². The molecular formula is C17H26N2O2S. The summed E-state index contributed by atoms with van der Waals surface area (Å²) in [6.45, 7) is 5.27. The molecule has 0 amide bonds. The maximum atomic E-state index is 11.5. The number of hydrogen-bond donors (Lipinski definition) is 2. The zero-order valence-corrected chi connectivity index (χ0v) is 14.3. The van der Waals surface area contributed by atoms with Gasteiger partial charge in [-0.3, -0.25) is 0 Å². The Morgan fingerprint density at radius 2 is 1.77 bits per heavy atom. The van der Waals surface area contributed by atoms with Crippen LogP contribution in [0.2, 0.25) is 0 Å². The first-order chi connectivity index (χ1) is 10.7. The third-order valence-electron chi connectivity index (χ3n) is 3.22. The Kier molecular flexibility index (Phi) is 9.23. The number of hydrogen-bond acceptors (Lipinski definition) is 3. The molecule has 0 atom stereocenters. The number of thiocarbonyl (C=S) groups is 1. The van der Waals surface area contributed by atoms with E-state index in [9.17, 15) is 4.79 Å². The fraction of sp³-hybridized carbons (Fsp3) is 0.529. The summed E-state index contributed by atoms with van der Waals surface area (Å²) in [6, 6.07) is 7.10. The smallest absolute Gasteiger partial charge is 0.338 e. The van der Waals surface area contributed by atoms with Gasteiger partial charge in [-0.05, 0) is 49.8 Å². The molecule has 0 aliphatic rings. The van der Waals surface area contributed by atoms with Crippen LogP contribution in [0.3, 0.4) is 0 Å². The van der Waals surface area contributed by atoms with Crippen LogP contribution in [-0.2, 0) is 4.74 Å². The highest BCUT2D eigenvalue weighted by Crippen LogP contribution is 2.10. The van der Waals surface area contributed by atoms with E-state index in [2.05, 4.69) is 17.6 Å². The number of carbonyl (C=O) groups is 1. The molecule has 0 radical (unpaired) electrons. The van der Waals surface area contributed by atoms with Gasteiger partial charge in [-0.15, -0.1) is 0 Å². The molecule has 0 aliphatic heterocycles. The molecule has 122 valence electrons. The minimum absolute atomic E-state index is 0.304. The Balaban J connectivity index is 2.28. The molecule has 0 saturated heterocycles. The predicted octanol–water partition coefficient (Wildman–Crippen LogP) is 4.12. The summed E-state index contributed by atoms with van der Waals surface area (Å²) in [4.78, 5) is 11.5. The van der Waals surface area contributed by atoms with E-state index < -0.39 is 0 Å². The highest BCUT2D eigenvalue weighted by atomic mass is 32.1. The first kappa shape index (κ1) is 18.4. The largest absolute Gasteiger partial charge is 0.462 e. The Bertz CT molecular complexity index is 460. The summed E-state index contributed by atoms with van der Waals surface area (Å²) in [7, 11) is 0. The van der Waals surface area contributed by atoms with Crippen molar-refractivity contribution in [3.05, 3.63) is 29.8 Å². The van der Waals surface area contributed by atoms with Crippen LogP contribution in [0.4, 0.5) is 5.69 Å². The molecule has 5 heteroatoms. The summed E-state index contributed by atoms with van der Waals surface area (Å²) in [5.74, 6) is -0.304. The van der Waals surface area contributed by atoms with Crippen LogP contribution in [-0.4, -0.2) is 24.2 Å². The monoisotopic (exact) mass is 322 g/mol. The van der Waals surface area contributed by atoms with Gasteiger partial charge in [0.1, 0.15) is 0 Å². The first-order valence-electron chi connectivity index (χ1n) is 7.99. The standard InChI is InChI=1S/C17H26N2O2S/c1-3-5-6-7-8-13-18-17(22)19-15-11-9-14(10-12-15)16(20)21-4-2/h9-12H,3-8,13H2,1-2H3,(H2,18,19,22). The number of unbranched alkanes of at least 4 members (excludes halogenated alkanes) is 4. The van der Waals surface area contributed by atoms with Crippen molar-refractivity contribution in [2.45, 2.75) is 46.0 Å². The number of esters is 1. The van der Waals surface area contributed by atoms with E-state index in [4.69, 9.17) is 17.0 Å². The zero-order valence-electron chi connectivity index (χ0n) is 13.5. The molecule has 4 nitrogen and oxygen atoms in total. The highest BCUT2D eigenvalue weighted by Gasteiger charge is 2.05. The van der Waals surface area contributed by atoms with E-state index in [-0.39, 0.29) is 5.97 Å². The van der Waals surface area contributed by atoms with Crippen LogP contribution < -0.4 is 10.6 Å². The molecule has 1 aromatic rings. The molecule has 2 N–H and O–H groups in total. The molecule has 0 bridgehead atoms. The maximum absolute atomic E-state index is 11.5. The highest BCUT2D eigenvalue weighted by molar-refractivity contribution is 7.80. The molecule has 22 heavy (non-hydrogen) atoms. The van der Waals surface area contributed by atoms with Crippen LogP contribution in [0.25, 0.3) is 0 Å². The van der Waals surface area contributed by atoms with Gasteiger partial charge in [-0.2, -0.15) is 0 Å². The molecule has 1 aromatic carbocycles. The molecule has 0 fully saturated rings. The number of ether oxygens (including phenoxy) is 1. The Morgan fingerprint density at radius 1 is 1.09 bits per heavy atom. The molecule has 0 aliphatic carbocycles. The third-order valence-corrected chi connectivity index (χ3v) is 3.47. The van der Waals surface area contributed by atoms with E-state index in [1.807, 2.05) is 12.1 Å². The summed E-state index contributed by atoms with van der Waals surface area (Å²) >= 11 is 5.25. The molecule has 0 unspecified atom stereocenters. The number of anilines is 1. The van der Waals surface area contributed by atoms with Crippen molar-refractivity contribution in [1.82, 2.24) is 5.32 Å². The van der Waals surface area contributed by atoms with Crippen molar-refractivity contribution >= 4 is 29.0 Å². The van der Waals surface area contributed by atoms with Gasteiger partial charge in [0.15, 0.2) is 5.11 Å². The fourth-order valence-electron chi connectivity index (χ4n) is 2.01. The minimum Gasteiger partial charge on any atom is -0.462 e. The Morgan fingerprint density at radius 3 is 2.41 bits per heavy atom. The molecule has 0 aromatic heterocycles. The summed E-state index contributed by atoms with van der Waals surface area (Å²) in [5.41, 5.74) is 1.40. The number of rotatable bonds is 9. The second kappa shape index (κ2) is 11.0. The second-order valence-electron chi connectivity index (χ2n) is 5.09. The van der Waals surface area contributed by atoms with Crippen LogP contribution in [0.1, 0.15) is 56.3 Å². The lowest BCUT2D eigenvalue weighted by atomic mass is 10.1. The van der Waals surface area contributed by atoms with E-state index >= 15 is 0 Å². The zero-order chi connectivity index (χ0) is 16.2. The van der Waals surface area contributed by atoms with Crippen LogP contribution >= 0.6 is 12.2 Å². The van der Waals surface area contributed by atoms with Crippen molar-refractivity contribution in [2.24, 2.45) is 0 Å². The lowest BCUT2D eigenvalue weighted by molar-refractivity contribution is 0.0526. The lowest BCUT2D eigenvalue weighted by Crippen LogP contribution is -2.29. The van der Waals surface area contributed by atoms with Crippen molar-refractivity contribution in [3.8, 4) is 0 Å². The third kappa shape index (κ3) is 7.41. The van der Waals surface area contributed by atoms with Crippen LogP contribution in [0.5, 0.6) is 0 Å². The van der Waals surface area contributed by atoms with E-state index in [1.54, 1.807) is 19.1 Å². The molecule has 0 spiro atoms. The maximum Gasteiger partial charge on any atom is 0.338 e. The number of nitrogens with one attached hydrogen (secondary N) is 2. The predicted molar refractivity (Wildman–Crippen MR) is 95.4 cm³/mol. The first-order valence-corrected chi connectivity index (χ1v) is 8.40. The topological polar surface area (TPSA) is 50.4 Å². The molecule has 0 saturated carbocycles. The average Bonchev–Trinajstić information content (AvgIpc) is 2.51. The van der Waals surface area contributed by atoms with Gasteiger partial charge in [0.2, 0.25) is 0 Å². The summed E-state index contributed by atoms with van der Waals surface area (Å²) in [5, 5.41) is 6.92. The minimum atomic E-state index is -0.304. The fourth-order valence-corrected chi connectivity index (χ4v) is 2.23. The Hall–Kier alpha value is -1.62. The SMILES string of the molecule is CCCCCCCNC(=S)Nc1ccc(C(=O)OCC)cc1. The lowest BCUT2D eigenvalue weighted by Gasteiger charge is -2.11. The van der Waals surface area contributed by atoms with Gasteiger partial charge in [0, 0.05) is 12.2 Å². The quantitative estimate of drug-likeness (QED) is 0.407. The normalized spacial score (nSPS) is 10.1. The van der Waals surface area contributed by atoms with Gasteiger partial charge >= 0.3 is 5.97 Å². The molecule has 1 rings (SSSR count). The van der Waals surface area contributed by atoms with E-state index in [0.29, 0.717) is 17.3 Å². The summed E-state index contributed by atoms with van der Waals surface area (Å²) < 4.78 is 4.94. The molecule has 0 heterocycles. The Labute approximate surface area is 138 Å². The summed E-state index contributed by atoms with van der Waals surface area (Å²) in [6.07, 6.45) is 6.21. The van der Waals surface area contributed by atoms with E-state index in [1.165, 1.54) is 25.7 Å². The van der Waals surface area contributed by atoms with Crippen molar-refractivity contribution in [1.29, 1.82) is 0 Å². The number of benzene rings is 1. The van der Waals surface area contributed by atoms with Crippen molar-refractivity contribution < 1.29 is 9.53 Å². The van der Waals surface area contributed by atoms with Gasteiger partial charge in [-0.25, -0.2) is 4.79 Å². The van der Waals surface area contributed by atoms with Gasteiger partial charge in [0.25, 0.3) is 0 Å². The van der Waals surface area contributed by atoms with Crippen molar-refractivity contribution in [2.75, 3.05) is 18.5 Å². The molecular weight excluding hydrogens is 296 g/mol. The van der Waals surface area contributed by atoms with E-state index in [0.717, 1.165) is 18.7 Å². The average molecular weight is 322 g/mol. The second-order valence-corrected chi connectivity index (χ2v) is 5.50. The van der Waals surface area contributed by atoms with Gasteiger partial charge in [0.05, 0.1) is 12.2 Å². The van der Waals surface area contributed by atoms with Crippen molar-refractivity contribution in [3.63, 3.8) is 0 Å². The van der Waals surface area contributed by atoms with Gasteiger partial charge < -0.3 is 15.4 Å². The van der Waals surface area contributed by atoms with Crippen LogP contribution in [0, 0.1) is 0 Å².